The van der Waals surface area contributed by atoms with Crippen molar-refractivity contribution in [3.63, 3.8) is 0 Å². The summed E-state index contributed by atoms with van der Waals surface area (Å²) in [4.78, 5) is 19.6. The van der Waals surface area contributed by atoms with Crippen LogP contribution in [-0.2, 0) is 11.3 Å². The molecule has 0 fully saturated rings. The molecule has 1 amide bonds. The van der Waals surface area contributed by atoms with Gasteiger partial charge in [-0.05, 0) is 48.6 Å². The number of thiophene rings is 1. The van der Waals surface area contributed by atoms with Crippen molar-refractivity contribution < 1.29 is 14.1 Å². The Morgan fingerprint density at radius 2 is 2.22 bits per heavy atom. The first-order valence-corrected chi connectivity index (χ1v) is 9.78. The number of rotatable bonds is 7. The van der Waals surface area contributed by atoms with Gasteiger partial charge in [0.15, 0.2) is 6.10 Å². The third-order valence-corrected chi connectivity index (χ3v) is 5.30. The molecule has 0 aliphatic carbocycles. The van der Waals surface area contributed by atoms with Crippen molar-refractivity contribution in [3.8, 4) is 16.5 Å². The van der Waals surface area contributed by atoms with Gasteiger partial charge in [-0.15, -0.1) is 11.3 Å². The van der Waals surface area contributed by atoms with Crippen LogP contribution in [0.25, 0.3) is 10.7 Å². The smallest absolute Gasteiger partial charge is 0.263 e. The Morgan fingerprint density at radius 3 is 2.89 bits per heavy atom. The van der Waals surface area contributed by atoms with Gasteiger partial charge < -0.3 is 14.2 Å². The SMILES string of the molecule is CCC(Oc1ccc(Cl)c(C)c1)C(=O)N(C)Cc1nc(-c2cccs2)no1. The molecule has 1 unspecified atom stereocenters. The highest BCUT2D eigenvalue weighted by molar-refractivity contribution is 7.13. The molecule has 0 aliphatic rings. The molecular formula is C19H20ClN3O3S. The summed E-state index contributed by atoms with van der Waals surface area (Å²) in [5.41, 5.74) is 0.900. The highest BCUT2D eigenvalue weighted by Crippen LogP contribution is 2.24. The predicted octanol–water partition coefficient (Wildman–Crippen LogP) is 4.58. The molecule has 1 aromatic carbocycles. The quantitative estimate of drug-likeness (QED) is 0.575. The minimum atomic E-state index is -0.602. The van der Waals surface area contributed by atoms with Gasteiger partial charge in [-0.25, -0.2) is 0 Å². The topological polar surface area (TPSA) is 68.5 Å². The zero-order chi connectivity index (χ0) is 19.4. The number of carbonyl (C=O) groups excluding carboxylic acids is 1. The van der Waals surface area contributed by atoms with Crippen LogP contribution in [0.15, 0.2) is 40.2 Å². The van der Waals surface area contributed by atoms with Gasteiger partial charge in [-0.1, -0.05) is 29.7 Å². The Kier molecular flexibility index (Phi) is 6.13. The number of halogens is 1. The molecule has 0 saturated heterocycles. The van der Waals surface area contributed by atoms with E-state index in [4.69, 9.17) is 20.9 Å². The summed E-state index contributed by atoms with van der Waals surface area (Å²) < 4.78 is 11.1. The lowest BCUT2D eigenvalue weighted by Gasteiger charge is -2.23. The molecule has 8 heteroatoms. The van der Waals surface area contributed by atoms with Crippen molar-refractivity contribution in [1.82, 2.24) is 15.0 Å². The Balaban J connectivity index is 1.65. The molecular weight excluding hydrogens is 386 g/mol. The summed E-state index contributed by atoms with van der Waals surface area (Å²) in [6.07, 6.45) is -0.0648. The van der Waals surface area contributed by atoms with E-state index in [-0.39, 0.29) is 12.5 Å². The fraction of sp³-hybridized carbons (Fsp3) is 0.316. The van der Waals surface area contributed by atoms with Gasteiger partial charge >= 0.3 is 0 Å². The largest absolute Gasteiger partial charge is 0.481 e. The van der Waals surface area contributed by atoms with E-state index in [1.54, 1.807) is 19.2 Å². The number of benzene rings is 1. The molecule has 0 radical (unpaired) electrons. The van der Waals surface area contributed by atoms with Crippen LogP contribution in [0.2, 0.25) is 5.02 Å². The average Bonchev–Trinajstić information content (AvgIpc) is 3.33. The van der Waals surface area contributed by atoms with E-state index in [1.165, 1.54) is 16.2 Å². The van der Waals surface area contributed by atoms with E-state index < -0.39 is 6.10 Å². The molecule has 142 valence electrons. The number of carbonyl (C=O) groups is 1. The summed E-state index contributed by atoms with van der Waals surface area (Å²) in [6, 6.07) is 9.19. The van der Waals surface area contributed by atoms with Crippen LogP contribution in [-0.4, -0.2) is 34.1 Å². The van der Waals surface area contributed by atoms with Crippen LogP contribution in [0.1, 0.15) is 24.8 Å². The molecule has 2 heterocycles. The number of ether oxygens (including phenoxy) is 1. The first-order chi connectivity index (χ1) is 13.0. The Labute approximate surface area is 166 Å². The van der Waals surface area contributed by atoms with E-state index in [0.29, 0.717) is 28.9 Å². The molecule has 0 bridgehead atoms. The lowest BCUT2D eigenvalue weighted by molar-refractivity contribution is -0.138. The highest BCUT2D eigenvalue weighted by atomic mass is 35.5. The van der Waals surface area contributed by atoms with Gasteiger partial charge in [0.2, 0.25) is 11.7 Å². The van der Waals surface area contributed by atoms with Crippen molar-refractivity contribution in [1.29, 1.82) is 0 Å². The van der Waals surface area contributed by atoms with E-state index in [2.05, 4.69) is 10.1 Å². The predicted molar refractivity (Wildman–Crippen MR) is 105 cm³/mol. The minimum absolute atomic E-state index is 0.152. The fourth-order valence-corrected chi connectivity index (χ4v) is 3.28. The number of amides is 1. The molecule has 0 N–H and O–H groups in total. The van der Waals surface area contributed by atoms with Crippen LogP contribution in [0.5, 0.6) is 5.75 Å². The second-order valence-electron chi connectivity index (χ2n) is 6.11. The molecule has 27 heavy (non-hydrogen) atoms. The fourth-order valence-electron chi connectivity index (χ4n) is 2.51. The molecule has 1 atom stereocenters. The first kappa shape index (κ1) is 19.4. The molecule has 0 aliphatic heterocycles. The third kappa shape index (κ3) is 4.67. The zero-order valence-electron chi connectivity index (χ0n) is 15.3. The Morgan fingerprint density at radius 1 is 1.41 bits per heavy atom. The normalized spacial score (nSPS) is 12.0. The van der Waals surface area contributed by atoms with Crippen LogP contribution in [0.3, 0.4) is 0 Å². The van der Waals surface area contributed by atoms with E-state index in [9.17, 15) is 4.79 Å². The van der Waals surface area contributed by atoms with Gasteiger partial charge in [0.1, 0.15) is 5.75 Å². The van der Waals surface area contributed by atoms with Crippen LogP contribution >= 0.6 is 22.9 Å². The molecule has 6 nitrogen and oxygen atoms in total. The summed E-state index contributed by atoms with van der Waals surface area (Å²) in [7, 11) is 1.69. The molecule has 0 saturated carbocycles. The molecule has 3 aromatic rings. The van der Waals surface area contributed by atoms with Crippen molar-refractivity contribution in [2.24, 2.45) is 0 Å². The molecule has 2 aromatic heterocycles. The standard InChI is InChI=1S/C19H20ClN3O3S/c1-4-15(25-13-7-8-14(20)12(2)10-13)19(24)23(3)11-17-21-18(22-26-17)16-6-5-9-27-16/h5-10,15H,4,11H2,1-3H3. The summed E-state index contributed by atoms with van der Waals surface area (Å²) in [5.74, 6) is 1.37. The second-order valence-corrected chi connectivity index (χ2v) is 7.46. The average molecular weight is 406 g/mol. The summed E-state index contributed by atoms with van der Waals surface area (Å²) >= 11 is 7.57. The van der Waals surface area contributed by atoms with Gasteiger partial charge in [0, 0.05) is 12.1 Å². The number of nitrogens with zero attached hydrogens (tertiary/aromatic N) is 3. The zero-order valence-corrected chi connectivity index (χ0v) is 16.9. The number of hydrogen-bond acceptors (Lipinski definition) is 6. The number of hydrogen-bond donors (Lipinski definition) is 0. The maximum Gasteiger partial charge on any atom is 0.263 e. The molecule has 3 rings (SSSR count). The van der Waals surface area contributed by atoms with Gasteiger partial charge in [-0.3, -0.25) is 4.79 Å². The lowest BCUT2D eigenvalue weighted by Crippen LogP contribution is -2.39. The van der Waals surface area contributed by atoms with Crippen LogP contribution < -0.4 is 4.74 Å². The van der Waals surface area contributed by atoms with Crippen LogP contribution in [0, 0.1) is 6.92 Å². The Bertz CT molecular complexity index is 911. The molecule has 0 spiro atoms. The third-order valence-electron chi connectivity index (χ3n) is 4.01. The van der Waals surface area contributed by atoms with Gasteiger partial charge in [0.25, 0.3) is 5.91 Å². The summed E-state index contributed by atoms with van der Waals surface area (Å²) in [6.45, 7) is 4.02. The van der Waals surface area contributed by atoms with Gasteiger partial charge in [-0.2, -0.15) is 4.98 Å². The number of aryl methyl sites for hydroxylation is 1. The maximum absolute atomic E-state index is 12.8. The number of likely N-dealkylation sites (N-methyl/N-ethyl adjacent to an activating group) is 1. The monoisotopic (exact) mass is 405 g/mol. The second kappa shape index (κ2) is 8.54. The lowest BCUT2D eigenvalue weighted by atomic mass is 10.2. The van der Waals surface area contributed by atoms with Crippen molar-refractivity contribution in [2.75, 3.05) is 7.05 Å². The van der Waals surface area contributed by atoms with Crippen molar-refractivity contribution in [2.45, 2.75) is 32.9 Å². The minimum Gasteiger partial charge on any atom is -0.481 e. The van der Waals surface area contributed by atoms with E-state index in [1.807, 2.05) is 37.4 Å². The Hall–Kier alpha value is -2.38. The highest BCUT2D eigenvalue weighted by Gasteiger charge is 2.24. The van der Waals surface area contributed by atoms with Crippen LogP contribution in [0.4, 0.5) is 0 Å². The first-order valence-electron chi connectivity index (χ1n) is 8.52. The maximum atomic E-state index is 12.8. The van der Waals surface area contributed by atoms with Crippen molar-refractivity contribution >= 4 is 28.8 Å². The van der Waals surface area contributed by atoms with Crippen molar-refractivity contribution in [3.05, 3.63) is 52.2 Å². The van der Waals surface area contributed by atoms with E-state index in [0.717, 1.165) is 10.4 Å². The van der Waals surface area contributed by atoms with E-state index >= 15 is 0 Å². The van der Waals surface area contributed by atoms with Gasteiger partial charge in [0.05, 0.1) is 11.4 Å². The summed E-state index contributed by atoms with van der Waals surface area (Å²) in [5, 5.41) is 6.58. The number of aromatic nitrogens is 2.